The Morgan fingerprint density at radius 2 is 1.75 bits per heavy atom. The van der Waals surface area contributed by atoms with Gasteiger partial charge in [0.15, 0.2) is 12.4 Å². The number of amides is 1. The van der Waals surface area contributed by atoms with Crippen molar-refractivity contribution >= 4 is 23.4 Å². The molecule has 1 amide bonds. The summed E-state index contributed by atoms with van der Waals surface area (Å²) in [5.74, 6) is -1.31. The molecule has 0 atom stereocenters. The third kappa shape index (κ3) is 5.64. The zero-order valence-corrected chi connectivity index (χ0v) is 16.3. The van der Waals surface area contributed by atoms with Crippen LogP contribution >= 0.6 is 0 Å². The van der Waals surface area contributed by atoms with Crippen LogP contribution in [0.15, 0.2) is 30.3 Å². The van der Waals surface area contributed by atoms with E-state index >= 15 is 0 Å². The lowest BCUT2D eigenvalue weighted by Crippen LogP contribution is -2.28. The van der Waals surface area contributed by atoms with Crippen molar-refractivity contribution in [3.05, 3.63) is 58.4 Å². The van der Waals surface area contributed by atoms with E-state index < -0.39 is 18.4 Å². The van der Waals surface area contributed by atoms with Crippen LogP contribution < -0.4 is 5.32 Å². The second kappa shape index (κ2) is 9.64. The van der Waals surface area contributed by atoms with Crippen LogP contribution in [0, 0.1) is 13.8 Å². The molecule has 0 aliphatic heterocycles. The summed E-state index contributed by atoms with van der Waals surface area (Å²) in [5.41, 5.74) is 2.80. The second-order valence-corrected chi connectivity index (χ2v) is 6.53. The van der Waals surface area contributed by atoms with Gasteiger partial charge in [0.1, 0.15) is 0 Å². The summed E-state index contributed by atoms with van der Waals surface area (Å²) in [6.45, 7) is 4.54. The van der Waals surface area contributed by atoms with Crippen LogP contribution in [0.3, 0.4) is 0 Å². The summed E-state index contributed by atoms with van der Waals surface area (Å²) in [5, 5.41) is 2.65. The number of aromatic amines is 1. The highest BCUT2D eigenvalue weighted by molar-refractivity contribution is 6.04. The molecule has 1 heterocycles. The van der Waals surface area contributed by atoms with Gasteiger partial charge in [0, 0.05) is 17.8 Å². The van der Waals surface area contributed by atoms with E-state index in [0.29, 0.717) is 16.8 Å². The molecule has 0 unspecified atom stereocenters. The number of hydrogen-bond donors (Lipinski definition) is 2. The zero-order chi connectivity index (χ0) is 20.7. The Balaban J connectivity index is 1.75. The van der Waals surface area contributed by atoms with E-state index in [-0.39, 0.29) is 36.8 Å². The van der Waals surface area contributed by atoms with Crippen molar-refractivity contribution in [2.45, 2.75) is 33.6 Å². The molecule has 0 radical (unpaired) electrons. The van der Waals surface area contributed by atoms with Crippen molar-refractivity contribution in [1.82, 2.24) is 10.3 Å². The number of ketones is 2. The number of H-pyrrole nitrogens is 1. The molecule has 0 bridgehead atoms. The van der Waals surface area contributed by atoms with E-state index in [0.717, 1.165) is 5.56 Å². The lowest BCUT2D eigenvalue weighted by atomic mass is 10.1. The fraction of sp³-hybridized carbons (Fsp3) is 0.333. The Hall–Kier alpha value is -3.22. The number of esters is 1. The van der Waals surface area contributed by atoms with Crippen LogP contribution in [0.5, 0.6) is 0 Å². The van der Waals surface area contributed by atoms with Crippen molar-refractivity contribution in [2.75, 3.05) is 13.2 Å². The second-order valence-electron chi connectivity index (χ2n) is 6.53. The van der Waals surface area contributed by atoms with Crippen LogP contribution in [0.2, 0.25) is 0 Å². The van der Waals surface area contributed by atoms with Gasteiger partial charge in [-0.15, -0.1) is 0 Å². The van der Waals surface area contributed by atoms with E-state index in [1.54, 1.807) is 13.8 Å². The van der Waals surface area contributed by atoms with E-state index in [2.05, 4.69) is 10.3 Å². The maximum absolute atomic E-state index is 12.3. The quantitative estimate of drug-likeness (QED) is 0.510. The topological polar surface area (TPSA) is 105 Å². The first-order chi connectivity index (χ1) is 13.3. The smallest absolute Gasteiger partial charge is 0.308 e. The third-order valence-corrected chi connectivity index (χ3v) is 4.29. The van der Waals surface area contributed by atoms with E-state index in [1.807, 2.05) is 30.3 Å². The Bertz CT molecular complexity index is 884. The van der Waals surface area contributed by atoms with Gasteiger partial charge in [-0.1, -0.05) is 30.3 Å². The molecule has 0 saturated carbocycles. The van der Waals surface area contributed by atoms with E-state index in [9.17, 15) is 19.2 Å². The zero-order valence-electron chi connectivity index (χ0n) is 16.3. The largest absolute Gasteiger partial charge is 0.457 e. The van der Waals surface area contributed by atoms with Gasteiger partial charge in [-0.2, -0.15) is 0 Å². The van der Waals surface area contributed by atoms with Gasteiger partial charge in [0.25, 0.3) is 0 Å². The molecule has 0 fully saturated rings. The first-order valence-corrected chi connectivity index (χ1v) is 8.99. The van der Waals surface area contributed by atoms with E-state index in [4.69, 9.17) is 4.74 Å². The minimum Gasteiger partial charge on any atom is -0.457 e. The average molecular weight is 384 g/mol. The number of ether oxygens (including phenoxy) is 1. The lowest BCUT2D eigenvalue weighted by molar-refractivity contribution is -0.142. The molecule has 28 heavy (non-hydrogen) atoms. The van der Waals surface area contributed by atoms with Crippen LogP contribution in [0.25, 0.3) is 0 Å². The molecule has 0 saturated heterocycles. The number of aromatic nitrogens is 1. The number of carbonyl (C=O) groups is 4. The average Bonchev–Trinajstić information content (AvgIpc) is 2.95. The van der Waals surface area contributed by atoms with Crippen LogP contribution in [0.4, 0.5) is 0 Å². The lowest BCUT2D eigenvalue weighted by Gasteiger charge is -2.06. The maximum atomic E-state index is 12.3. The predicted octanol–water partition coefficient (Wildman–Crippen LogP) is 2.31. The third-order valence-electron chi connectivity index (χ3n) is 4.29. The number of rotatable bonds is 9. The monoisotopic (exact) mass is 384 g/mol. The SMILES string of the molecule is CC(=O)c1c(C)[nH]c(C(=O)COC(=O)CCNC(=O)Cc2ccccc2)c1C. The number of benzene rings is 1. The molecule has 7 heteroatoms. The Morgan fingerprint density at radius 1 is 1.07 bits per heavy atom. The molecule has 7 nitrogen and oxygen atoms in total. The van der Waals surface area contributed by atoms with Crippen molar-refractivity contribution in [3.8, 4) is 0 Å². The van der Waals surface area contributed by atoms with Crippen LogP contribution in [-0.4, -0.2) is 41.6 Å². The molecule has 2 rings (SSSR count). The van der Waals surface area contributed by atoms with Crippen molar-refractivity contribution in [2.24, 2.45) is 0 Å². The number of Topliss-reactive ketones (excluding diaryl/α,β-unsaturated/α-hetero) is 2. The molecule has 148 valence electrons. The van der Waals surface area contributed by atoms with Crippen molar-refractivity contribution in [3.63, 3.8) is 0 Å². The molecule has 0 aliphatic rings. The first kappa shape index (κ1) is 21.1. The fourth-order valence-corrected chi connectivity index (χ4v) is 3.00. The van der Waals surface area contributed by atoms with Gasteiger partial charge >= 0.3 is 5.97 Å². The summed E-state index contributed by atoms with van der Waals surface area (Å²) in [6.07, 6.45) is 0.202. The normalized spacial score (nSPS) is 10.4. The maximum Gasteiger partial charge on any atom is 0.308 e. The van der Waals surface area contributed by atoms with Gasteiger partial charge in [0.05, 0.1) is 18.5 Å². The van der Waals surface area contributed by atoms with Gasteiger partial charge in [0.2, 0.25) is 11.7 Å². The number of carbonyl (C=O) groups excluding carboxylic acids is 4. The summed E-state index contributed by atoms with van der Waals surface area (Å²) < 4.78 is 4.98. The Kier molecular flexibility index (Phi) is 7.26. The Morgan fingerprint density at radius 3 is 2.36 bits per heavy atom. The molecule has 2 aromatic rings. The molecule has 0 spiro atoms. The summed E-state index contributed by atoms with van der Waals surface area (Å²) in [4.78, 5) is 50.4. The molecular formula is C21H24N2O5. The number of nitrogens with one attached hydrogen (secondary N) is 2. The standard InChI is InChI=1S/C21H24N2O5/c1-13-20(15(3)24)14(2)23-21(13)17(25)12-28-19(27)9-10-22-18(26)11-16-7-5-4-6-8-16/h4-8,23H,9-12H2,1-3H3,(H,22,26). The highest BCUT2D eigenvalue weighted by Crippen LogP contribution is 2.19. The number of hydrogen-bond acceptors (Lipinski definition) is 5. The van der Waals surface area contributed by atoms with Gasteiger partial charge in [-0.25, -0.2) is 0 Å². The number of aryl methyl sites for hydroxylation is 1. The highest BCUT2D eigenvalue weighted by atomic mass is 16.5. The van der Waals surface area contributed by atoms with Gasteiger partial charge < -0.3 is 15.0 Å². The minimum absolute atomic E-state index is 0.0325. The molecule has 0 aliphatic carbocycles. The summed E-state index contributed by atoms with van der Waals surface area (Å²) >= 11 is 0. The first-order valence-electron chi connectivity index (χ1n) is 8.99. The van der Waals surface area contributed by atoms with Crippen molar-refractivity contribution < 1.29 is 23.9 Å². The fourth-order valence-electron chi connectivity index (χ4n) is 3.00. The highest BCUT2D eigenvalue weighted by Gasteiger charge is 2.20. The summed E-state index contributed by atoms with van der Waals surface area (Å²) in [7, 11) is 0. The van der Waals surface area contributed by atoms with Crippen LogP contribution in [0.1, 0.15) is 51.0 Å². The summed E-state index contributed by atoms with van der Waals surface area (Å²) in [6, 6.07) is 9.27. The van der Waals surface area contributed by atoms with Gasteiger partial charge in [-0.05, 0) is 31.9 Å². The molecule has 2 N–H and O–H groups in total. The van der Waals surface area contributed by atoms with E-state index in [1.165, 1.54) is 6.92 Å². The van der Waals surface area contributed by atoms with Crippen molar-refractivity contribution in [1.29, 1.82) is 0 Å². The Labute approximate surface area is 163 Å². The predicted molar refractivity (Wildman–Crippen MR) is 103 cm³/mol. The molecule has 1 aromatic carbocycles. The molecular weight excluding hydrogens is 360 g/mol. The minimum atomic E-state index is -0.582. The van der Waals surface area contributed by atoms with Gasteiger partial charge in [-0.3, -0.25) is 19.2 Å². The molecule has 1 aromatic heterocycles. The van der Waals surface area contributed by atoms with Crippen LogP contribution in [-0.2, 0) is 20.7 Å².